The molecule has 0 atom stereocenters. The third-order valence-corrected chi connectivity index (χ3v) is 6.90. The number of rotatable bonds is 8. The maximum absolute atomic E-state index is 13.1. The highest BCUT2D eigenvalue weighted by Gasteiger charge is 2.19. The molecule has 2 N–H and O–H groups in total. The van der Waals surface area contributed by atoms with E-state index in [4.69, 9.17) is 9.47 Å². The molecular formula is C34H35N5O3. The first kappa shape index (κ1) is 28.4. The zero-order valence-corrected chi connectivity index (χ0v) is 24.5. The number of hydrogen-bond donors (Lipinski definition) is 2. The van der Waals surface area contributed by atoms with E-state index in [1.165, 1.54) is 7.11 Å². The fourth-order valence-electron chi connectivity index (χ4n) is 4.68. The summed E-state index contributed by atoms with van der Waals surface area (Å²) in [4.78, 5) is 24.2. The van der Waals surface area contributed by atoms with E-state index >= 15 is 0 Å². The maximum Gasteiger partial charge on any atom is 0.323 e. The average Bonchev–Trinajstić information content (AvgIpc) is 2.99. The molecule has 0 spiro atoms. The van der Waals surface area contributed by atoms with Gasteiger partial charge in [0.15, 0.2) is 0 Å². The fourth-order valence-corrected chi connectivity index (χ4v) is 4.68. The maximum atomic E-state index is 13.1. The summed E-state index contributed by atoms with van der Waals surface area (Å²) < 4.78 is 11.8. The van der Waals surface area contributed by atoms with Gasteiger partial charge in [0.1, 0.15) is 23.0 Å². The van der Waals surface area contributed by atoms with Crippen molar-refractivity contribution in [2.75, 3.05) is 29.2 Å². The molecule has 0 aliphatic carbocycles. The number of aromatic nitrogens is 2. The van der Waals surface area contributed by atoms with E-state index in [1.54, 1.807) is 12.4 Å². The van der Waals surface area contributed by atoms with Crippen molar-refractivity contribution >= 4 is 39.7 Å². The summed E-state index contributed by atoms with van der Waals surface area (Å²) in [5, 5.41) is 7.57. The van der Waals surface area contributed by atoms with E-state index in [-0.39, 0.29) is 5.41 Å². The van der Waals surface area contributed by atoms with Crippen molar-refractivity contribution in [3.63, 3.8) is 0 Å². The lowest BCUT2D eigenvalue weighted by atomic mass is 9.88. The number of nitrogens with one attached hydrogen (secondary N) is 2. The van der Waals surface area contributed by atoms with Gasteiger partial charge in [-0.2, -0.15) is 0 Å². The number of hydrogen-bond acceptors (Lipinski definition) is 6. The van der Waals surface area contributed by atoms with Crippen LogP contribution in [0.1, 0.15) is 33.3 Å². The summed E-state index contributed by atoms with van der Waals surface area (Å²) in [6, 6.07) is 26.9. The minimum absolute atomic E-state index is 0.135. The Balaban J connectivity index is 1.39. The topological polar surface area (TPSA) is 88.6 Å². The van der Waals surface area contributed by atoms with Crippen LogP contribution in [0.5, 0.6) is 17.4 Å². The molecule has 0 aliphatic heterocycles. The number of nitrogens with zero attached hydrogens (tertiary/aromatic N) is 3. The van der Waals surface area contributed by atoms with Crippen LogP contribution in [0.3, 0.4) is 0 Å². The van der Waals surface area contributed by atoms with E-state index < -0.39 is 6.03 Å². The van der Waals surface area contributed by atoms with Crippen LogP contribution in [-0.2, 0) is 5.41 Å². The Bertz CT molecular complexity index is 1700. The second-order valence-corrected chi connectivity index (χ2v) is 10.8. The molecule has 8 nitrogen and oxygen atoms in total. The van der Waals surface area contributed by atoms with Gasteiger partial charge in [0.25, 0.3) is 0 Å². The van der Waals surface area contributed by atoms with Crippen LogP contribution >= 0.6 is 0 Å². The van der Waals surface area contributed by atoms with Gasteiger partial charge in [-0.05, 0) is 54.3 Å². The van der Waals surface area contributed by atoms with Crippen molar-refractivity contribution in [1.29, 1.82) is 0 Å². The van der Waals surface area contributed by atoms with Crippen LogP contribution in [0.25, 0.3) is 10.8 Å². The third kappa shape index (κ3) is 6.28. The van der Waals surface area contributed by atoms with Gasteiger partial charge in [0.2, 0.25) is 5.88 Å². The zero-order chi connectivity index (χ0) is 29.7. The average molecular weight is 562 g/mol. The molecule has 0 saturated carbocycles. The van der Waals surface area contributed by atoms with Crippen molar-refractivity contribution in [2.24, 2.45) is 0 Å². The molecule has 0 radical (unpaired) electrons. The summed E-state index contributed by atoms with van der Waals surface area (Å²) in [6.07, 6.45) is 3.51. The van der Waals surface area contributed by atoms with Crippen LogP contribution in [0.15, 0.2) is 97.3 Å². The predicted octanol–water partition coefficient (Wildman–Crippen LogP) is 8.53. The summed E-state index contributed by atoms with van der Waals surface area (Å²) in [7, 11) is 1.53. The number of anilines is 4. The van der Waals surface area contributed by atoms with Crippen molar-refractivity contribution in [1.82, 2.24) is 9.97 Å². The van der Waals surface area contributed by atoms with Crippen LogP contribution in [0, 0.1) is 0 Å². The Kier molecular flexibility index (Phi) is 8.24. The molecule has 0 unspecified atom stereocenters. The first-order chi connectivity index (χ1) is 20.3. The Morgan fingerprint density at radius 1 is 0.857 bits per heavy atom. The lowest BCUT2D eigenvalue weighted by Crippen LogP contribution is -2.21. The van der Waals surface area contributed by atoms with Crippen molar-refractivity contribution in [2.45, 2.75) is 33.1 Å². The Labute approximate surface area is 246 Å². The molecule has 0 saturated heterocycles. The van der Waals surface area contributed by atoms with Gasteiger partial charge in [-0.1, -0.05) is 63.2 Å². The summed E-state index contributed by atoms with van der Waals surface area (Å²) in [5.74, 6) is 2.47. The summed E-state index contributed by atoms with van der Waals surface area (Å²) in [5.41, 5.74) is 3.05. The van der Waals surface area contributed by atoms with Gasteiger partial charge in [-0.15, -0.1) is 0 Å². The molecule has 8 heteroatoms. The SMILES string of the molecule is CCN(c1ccccc1)c1cc(Oc2ccc(NC(=O)Nc3cc(C(C)(C)C)cnc3OC)c3ccccc23)ccn1. The molecule has 2 amide bonds. The first-order valence-electron chi connectivity index (χ1n) is 13.9. The number of pyridine rings is 2. The highest BCUT2D eigenvalue weighted by atomic mass is 16.5. The Morgan fingerprint density at radius 2 is 1.57 bits per heavy atom. The van der Waals surface area contributed by atoms with E-state index in [1.807, 2.05) is 72.8 Å². The van der Waals surface area contributed by atoms with Gasteiger partial charge in [0.05, 0.1) is 12.8 Å². The lowest BCUT2D eigenvalue weighted by Gasteiger charge is -2.22. The van der Waals surface area contributed by atoms with Crippen molar-refractivity contribution in [3.8, 4) is 17.4 Å². The van der Waals surface area contributed by atoms with Gasteiger partial charge in [-0.25, -0.2) is 14.8 Å². The Hall–Kier alpha value is -5.11. The van der Waals surface area contributed by atoms with Crippen LogP contribution in [-0.4, -0.2) is 29.7 Å². The number of carbonyl (C=O) groups is 1. The number of para-hydroxylation sites is 1. The number of carbonyl (C=O) groups excluding carboxylic acids is 1. The molecule has 0 fully saturated rings. The second kappa shape index (κ2) is 12.2. The molecule has 0 aliphatic rings. The van der Waals surface area contributed by atoms with Crippen molar-refractivity contribution in [3.05, 3.63) is 103 Å². The number of benzene rings is 3. The number of fused-ring (bicyclic) bond motifs is 1. The number of amides is 2. The summed E-state index contributed by atoms with van der Waals surface area (Å²) in [6.45, 7) is 9.11. The number of ether oxygens (including phenoxy) is 2. The molecule has 2 aromatic heterocycles. The Morgan fingerprint density at radius 3 is 2.29 bits per heavy atom. The first-order valence-corrected chi connectivity index (χ1v) is 13.9. The number of methoxy groups -OCH3 is 1. The van der Waals surface area contributed by atoms with Crippen molar-refractivity contribution < 1.29 is 14.3 Å². The van der Waals surface area contributed by atoms with Gasteiger partial charge in [0, 0.05) is 41.5 Å². The fraction of sp³-hybridized carbons (Fsp3) is 0.206. The monoisotopic (exact) mass is 561 g/mol. The second-order valence-electron chi connectivity index (χ2n) is 10.8. The molecular weight excluding hydrogens is 526 g/mol. The number of urea groups is 1. The standard InChI is InChI=1S/C34H35N5O3/c1-6-39(24-12-8-7-9-13-24)31-21-25(18-19-35-31)42-30-17-16-28(26-14-10-11-15-27(26)30)37-33(40)38-29-20-23(34(2,3)4)22-36-32(29)41-5/h7-22H,6H2,1-5H3,(H2,37,38,40). The van der Waals surface area contributed by atoms with Crippen LogP contribution < -0.4 is 25.0 Å². The minimum Gasteiger partial charge on any atom is -0.480 e. The van der Waals surface area contributed by atoms with Gasteiger partial charge >= 0.3 is 6.03 Å². The van der Waals surface area contributed by atoms with E-state index in [0.717, 1.165) is 34.4 Å². The van der Waals surface area contributed by atoms with E-state index in [0.29, 0.717) is 28.8 Å². The van der Waals surface area contributed by atoms with Crippen LogP contribution in [0.2, 0.25) is 0 Å². The normalized spacial score (nSPS) is 11.2. The lowest BCUT2D eigenvalue weighted by molar-refractivity contribution is 0.262. The predicted molar refractivity (Wildman–Crippen MR) is 170 cm³/mol. The molecule has 5 rings (SSSR count). The highest BCUT2D eigenvalue weighted by Crippen LogP contribution is 2.36. The third-order valence-electron chi connectivity index (χ3n) is 6.90. The van der Waals surface area contributed by atoms with Gasteiger partial charge < -0.3 is 25.0 Å². The summed E-state index contributed by atoms with van der Waals surface area (Å²) >= 11 is 0. The van der Waals surface area contributed by atoms with Gasteiger partial charge in [-0.3, -0.25) is 0 Å². The quantitative estimate of drug-likeness (QED) is 0.197. The smallest absolute Gasteiger partial charge is 0.323 e. The highest BCUT2D eigenvalue weighted by molar-refractivity contribution is 6.07. The molecule has 2 heterocycles. The molecule has 42 heavy (non-hydrogen) atoms. The van der Waals surface area contributed by atoms with E-state index in [2.05, 4.69) is 65.3 Å². The zero-order valence-electron chi connectivity index (χ0n) is 24.5. The molecule has 5 aromatic rings. The van der Waals surface area contributed by atoms with E-state index in [9.17, 15) is 4.79 Å². The molecule has 214 valence electrons. The molecule has 3 aromatic carbocycles. The minimum atomic E-state index is -0.403. The van der Waals surface area contributed by atoms with Crippen LogP contribution in [0.4, 0.5) is 27.7 Å². The molecule has 0 bridgehead atoms. The largest absolute Gasteiger partial charge is 0.480 e.